The van der Waals surface area contributed by atoms with E-state index >= 15 is 0 Å². The van der Waals surface area contributed by atoms with E-state index in [9.17, 15) is 13.2 Å². The Hall–Kier alpha value is -0.690. The molecule has 0 aromatic heterocycles. The van der Waals surface area contributed by atoms with Gasteiger partial charge in [-0.3, -0.25) is 0 Å². The quantitative estimate of drug-likeness (QED) is 0.528. The predicted molar refractivity (Wildman–Crippen MR) is 34.8 cm³/mol. The summed E-state index contributed by atoms with van der Waals surface area (Å²) >= 11 is 0. The van der Waals surface area contributed by atoms with Gasteiger partial charge in [0.1, 0.15) is 5.41 Å². The van der Waals surface area contributed by atoms with Gasteiger partial charge in [-0.2, -0.15) is 13.2 Å². The van der Waals surface area contributed by atoms with Gasteiger partial charge in [-0.25, -0.2) is 0 Å². The highest BCUT2D eigenvalue weighted by molar-refractivity contribution is 5.13. The highest BCUT2D eigenvalue weighted by Gasteiger charge is 2.55. The molecule has 1 atom stereocenters. The second-order valence-electron chi connectivity index (χ2n) is 2.65. The van der Waals surface area contributed by atoms with Crippen LogP contribution in [0.1, 0.15) is 6.42 Å². The first-order valence-corrected chi connectivity index (χ1v) is 3.27. The topological polar surface area (TPSA) is 12.0 Å². The lowest BCUT2D eigenvalue weighted by atomic mass is 9.88. The molecule has 62 valence electrons. The number of hydrogen-bond donors (Lipinski definition) is 1. The summed E-state index contributed by atoms with van der Waals surface area (Å²) in [5, 5.41) is 2.61. The summed E-state index contributed by atoms with van der Waals surface area (Å²) < 4.78 is 36.7. The van der Waals surface area contributed by atoms with E-state index in [4.69, 9.17) is 6.42 Å². The van der Waals surface area contributed by atoms with E-state index in [0.717, 1.165) is 0 Å². The van der Waals surface area contributed by atoms with Gasteiger partial charge in [0.15, 0.2) is 0 Å². The summed E-state index contributed by atoms with van der Waals surface area (Å²) in [6.07, 6.45) is 0.565. The molecule has 1 N–H and O–H groups in total. The maximum absolute atomic E-state index is 12.2. The Kier molecular flexibility index (Phi) is 1.85. The number of halogens is 3. The first-order chi connectivity index (χ1) is 5.02. The van der Waals surface area contributed by atoms with Crippen molar-refractivity contribution in [1.29, 1.82) is 0 Å². The highest BCUT2D eigenvalue weighted by Crippen LogP contribution is 2.41. The van der Waals surface area contributed by atoms with Crippen molar-refractivity contribution in [3.8, 4) is 12.3 Å². The number of alkyl halides is 3. The number of rotatable bonds is 0. The standard InChI is InChI=1S/C7H8F3N/c1-2-6(7(8,9)10)3-4-11-5-6/h1,11H,3-5H2. The Bertz CT molecular complexity index is 183. The van der Waals surface area contributed by atoms with Crippen LogP contribution in [0.4, 0.5) is 13.2 Å². The monoisotopic (exact) mass is 163 g/mol. The third kappa shape index (κ3) is 1.21. The summed E-state index contributed by atoms with van der Waals surface area (Å²) in [4.78, 5) is 0. The van der Waals surface area contributed by atoms with Crippen molar-refractivity contribution in [3.05, 3.63) is 0 Å². The van der Waals surface area contributed by atoms with E-state index in [1.54, 1.807) is 0 Å². The van der Waals surface area contributed by atoms with E-state index in [1.807, 2.05) is 5.92 Å². The van der Waals surface area contributed by atoms with Gasteiger partial charge in [-0.1, -0.05) is 5.92 Å². The molecule has 1 fully saturated rings. The zero-order valence-corrected chi connectivity index (χ0v) is 5.83. The Labute approximate surface area is 63.0 Å². The predicted octanol–water partition coefficient (Wildman–Crippen LogP) is 1.16. The smallest absolute Gasteiger partial charge is 0.315 e. The molecule has 0 amide bonds. The van der Waals surface area contributed by atoms with Crippen LogP contribution in [0.15, 0.2) is 0 Å². The fourth-order valence-electron chi connectivity index (χ4n) is 1.14. The van der Waals surface area contributed by atoms with Crippen LogP contribution in [0.25, 0.3) is 0 Å². The van der Waals surface area contributed by atoms with Crippen LogP contribution in [0.2, 0.25) is 0 Å². The average molecular weight is 163 g/mol. The largest absolute Gasteiger partial charge is 0.406 e. The molecule has 0 bridgehead atoms. The third-order valence-electron chi connectivity index (χ3n) is 1.97. The first kappa shape index (κ1) is 8.41. The lowest BCUT2D eigenvalue weighted by Crippen LogP contribution is -2.38. The minimum atomic E-state index is -4.27. The van der Waals surface area contributed by atoms with Crippen LogP contribution < -0.4 is 5.32 Å². The van der Waals surface area contributed by atoms with Crippen LogP contribution in [0, 0.1) is 17.8 Å². The van der Waals surface area contributed by atoms with E-state index < -0.39 is 11.6 Å². The molecule has 1 heterocycles. The Morgan fingerprint density at radius 1 is 1.45 bits per heavy atom. The summed E-state index contributed by atoms with van der Waals surface area (Å²) in [7, 11) is 0. The van der Waals surface area contributed by atoms with Crippen molar-refractivity contribution in [2.24, 2.45) is 5.41 Å². The van der Waals surface area contributed by atoms with Crippen molar-refractivity contribution in [1.82, 2.24) is 5.32 Å². The minimum absolute atomic E-state index is 0.00694. The minimum Gasteiger partial charge on any atom is -0.315 e. The summed E-state index contributed by atoms with van der Waals surface area (Å²) in [6.45, 7) is 0.205. The van der Waals surface area contributed by atoms with Crippen molar-refractivity contribution >= 4 is 0 Å². The van der Waals surface area contributed by atoms with Gasteiger partial charge >= 0.3 is 6.18 Å². The number of hydrogen-bond acceptors (Lipinski definition) is 1. The van der Waals surface area contributed by atoms with Crippen molar-refractivity contribution in [3.63, 3.8) is 0 Å². The highest BCUT2D eigenvalue weighted by atomic mass is 19.4. The van der Waals surface area contributed by atoms with Gasteiger partial charge in [0.25, 0.3) is 0 Å². The molecule has 11 heavy (non-hydrogen) atoms. The van der Waals surface area contributed by atoms with E-state index in [2.05, 4.69) is 5.32 Å². The zero-order valence-electron chi connectivity index (χ0n) is 5.83. The number of terminal acetylenes is 1. The zero-order chi connectivity index (χ0) is 8.54. The molecular formula is C7H8F3N. The molecule has 1 aliphatic heterocycles. The second-order valence-corrected chi connectivity index (χ2v) is 2.65. The Morgan fingerprint density at radius 3 is 2.27 bits per heavy atom. The second kappa shape index (κ2) is 2.42. The molecule has 0 aromatic carbocycles. The van der Waals surface area contributed by atoms with Gasteiger partial charge in [0, 0.05) is 6.54 Å². The fourth-order valence-corrected chi connectivity index (χ4v) is 1.14. The van der Waals surface area contributed by atoms with Crippen LogP contribution in [-0.4, -0.2) is 19.3 Å². The normalized spacial score (nSPS) is 31.8. The maximum Gasteiger partial charge on any atom is 0.406 e. The molecule has 0 aromatic rings. The fraction of sp³-hybridized carbons (Fsp3) is 0.714. The molecule has 1 unspecified atom stereocenters. The van der Waals surface area contributed by atoms with Gasteiger partial charge in [0.2, 0.25) is 0 Å². The lowest BCUT2D eigenvalue weighted by molar-refractivity contribution is -0.195. The molecule has 0 saturated carbocycles. The van der Waals surface area contributed by atoms with E-state index in [0.29, 0.717) is 6.54 Å². The molecule has 1 saturated heterocycles. The summed E-state index contributed by atoms with van der Waals surface area (Å²) in [6, 6.07) is 0. The molecule has 0 spiro atoms. The molecule has 1 nitrogen and oxygen atoms in total. The summed E-state index contributed by atoms with van der Waals surface area (Å²) in [5.41, 5.74) is -1.91. The maximum atomic E-state index is 12.2. The van der Waals surface area contributed by atoms with Gasteiger partial charge in [-0.15, -0.1) is 6.42 Å². The molecule has 4 heteroatoms. The average Bonchev–Trinajstić information content (AvgIpc) is 2.33. The molecule has 0 radical (unpaired) electrons. The third-order valence-corrected chi connectivity index (χ3v) is 1.97. The number of nitrogens with one attached hydrogen (secondary N) is 1. The SMILES string of the molecule is C#CC1(C(F)(F)F)CCNC1. The van der Waals surface area contributed by atoms with E-state index in [-0.39, 0.29) is 13.0 Å². The van der Waals surface area contributed by atoms with Gasteiger partial charge in [-0.05, 0) is 13.0 Å². The van der Waals surface area contributed by atoms with Gasteiger partial charge < -0.3 is 5.32 Å². The molecule has 1 aliphatic rings. The van der Waals surface area contributed by atoms with Crippen LogP contribution in [-0.2, 0) is 0 Å². The van der Waals surface area contributed by atoms with Gasteiger partial charge in [0.05, 0.1) is 0 Å². The molecular weight excluding hydrogens is 155 g/mol. The van der Waals surface area contributed by atoms with Crippen LogP contribution >= 0.6 is 0 Å². The van der Waals surface area contributed by atoms with Crippen molar-refractivity contribution in [2.45, 2.75) is 12.6 Å². The van der Waals surface area contributed by atoms with Crippen LogP contribution in [0.5, 0.6) is 0 Å². The van der Waals surface area contributed by atoms with E-state index in [1.165, 1.54) is 0 Å². The Balaban J connectivity index is 2.86. The lowest BCUT2D eigenvalue weighted by Gasteiger charge is -2.24. The Morgan fingerprint density at radius 2 is 2.09 bits per heavy atom. The van der Waals surface area contributed by atoms with Crippen molar-refractivity contribution in [2.75, 3.05) is 13.1 Å². The van der Waals surface area contributed by atoms with Crippen molar-refractivity contribution < 1.29 is 13.2 Å². The van der Waals surface area contributed by atoms with Crippen LogP contribution in [0.3, 0.4) is 0 Å². The molecule has 0 aliphatic carbocycles. The summed E-state index contributed by atoms with van der Waals surface area (Å²) in [5.74, 6) is 1.83. The first-order valence-electron chi connectivity index (χ1n) is 3.27. The molecule has 1 rings (SSSR count).